The highest BCUT2D eigenvalue weighted by molar-refractivity contribution is 5.54. The summed E-state index contributed by atoms with van der Waals surface area (Å²) in [6.07, 6.45) is 3.73. The molecule has 0 spiro atoms. The van der Waals surface area contributed by atoms with Gasteiger partial charge in [0, 0.05) is 17.8 Å². The number of rotatable bonds is 3. The highest BCUT2D eigenvalue weighted by Crippen LogP contribution is 2.20. The summed E-state index contributed by atoms with van der Waals surface area (Å²) in [7, 11) is 0. The molecule has 4 nitrogen and oxygen atoms in total. The first-order chi connectivity index (χ1) is 7.59. The third kappa shape index (κ3) is 1.87. The fourth-order valence-corrected chi connectivity index (χ4v) is 1.72. The molecule has 2 rings (SSSR count). The molecule has 0 aliphatic rings. The van der Waals surface area contributed by atoms with Gasteiger partial charge in [0.2, 0.25) is 0 Å². The molecule has 0 aliphatic heterocycles. The van der Waals surface area contributed by atoms with Crippen LogP contribution in [0.3, 0.4) is 0 Å². The molecule has 4 heteroatoms. The number of hydrogen-bond acceptors (Lipinski definition) is 3. The van der Waals surface area contributed by atoms with Crippen LogP contribution in [0.15, 0.2) is 18.5 Å². The van der Waals surface area contributed by atoms with Crippen LogP contribution in [-0.4, -0.2) is 20.6 Å². The lowest BCUT2D eigenvalue weighted by Gasteiger charge is -2.11. The molecule has 0 fully saturated rings. The second-order valence-corrected chi connectivity index (χ2v) is 4.62. The van der Waals surface area contributed by atoms with Crippen LogP contribution in [0, 0.1) is 0 Å². The fraction of sp³-hybridized carbons (Fsp3) is 0.500. The number of fused-ring (bicyclic) bond motifs is 1. The van der Waals surface area contributed by atoms with Crippen molar-refractivity contribution in [1.29, 1.82) is 0 Å². The van der Waals surface area contributed by atoms with Gasteiger partial charge in [-0.3, -0.25) is 0 Å². The SMILES string of the molecule is CC(C)Nc1ccnc2c(C(C)C)cnn12. The molecule has 0 saturated heterocycles. The summed E-state index contributed by atoms with van der Waals surface area (Å²) in [4.78, 5) is 4.39. The van der Waals surface area contributed by atoms with Crippen molar-refractivity contribution in [3.8, 4) is 0 Å². The van der Waals surface area contributed by atoms with Gasteiger partial charge in [0.15, 0.2) is 5.65 Å². The van der Waals surface area contributed by atoms with Crippen molar-refractivity contribution in [2.24, 2.45) is 0 Å². The Hall–Kier alpha value is -1.58. The van der Waals surface area contributed by atoms with Crippen LogP contribution >= 0.6 is 0 Å². The monoisotopic (exact) mass is 218 g/mol. The van der Waals surface area contributed by atoms with E-state index in [2.05, 4.69) is 43.1 Å². The predicted molar refractivity (Wildman–Crippen MR) is 65.8 cm³/mol. The van der Waals surface area contributed by atoms with Gasteiger partial charge in [-0.25, -0.2) is 4.98 Å². The average molecular weight is 218 g/mol. The van der Waals surface area contributed by atoms with Crippen molar-refractivity contribution < 1.29 is 0 Å². The highest BCUT2D eigenvalue weighted by Gasteiger charge is 2.11. The second kappa shape index (κ2) is 4.12. The van der Waals surface area contributed by atoms with E-state index >= 15 is 0 Å². The van der Waals surface area contributed by atoms with E-state index in [9.17, 15) is 0 Å². The number of nitrogens with zero attached hydrogens (tertiary/aromatic N) is 3. The van der Waals surface area contributed by atoms with Gasteiger partial charge in [-0.1, -0.05) is 13.8 Å². The smallest absolute Gasteiger partial charge is 0.160 e. The molecular formula is C12H18N4. The van der Waals surface area contributed by atoms with Crippen LogP contribution in [-0.2, 0) is 0 Å². The first-order valence-corrected chi connectivity index (χ1v) is 5.68. The van der Waals surface area contributed by atoms with Crippen molar-refractivity contribution in [3.05, 3.63) is 24.0 Å². The zero-order chi connectivity index (χ0) is 11.7. The maximum absolute atomic E-state index is 4.39. The van der Waals surface area contributed by atoms with Crippen molar-refractivity contribution >= 4 is 11.5 Å². The summed E-state index contributed by atoms with van der Waals surface area (Å²) in [5, 5.41) is 7.75. The molecule has 0 bridgehead atoms. The number of aromatic nitrogens is 3. The van der Waals surface area contributed by atoms with E-state index < -0.39 is 0 Å². The molecule has 0 aromatic carbocycles. The van der Waals surface area contributed by atoms with E-state index in [4.69, 9.17) is 0 Å². The van der Waals surface area contributed by atoms with Crippen molar-refractivity contribution in [1.82, 2.24) is 14.6 Å². The van der Waals surface area contributed by atoms with Crippen LogP contribution in [0.4, 0.5) is 5.82 Å². The van der Waals surface area contributed by atoms with Gasteiger partial charge in [0.05, 0.1) is 6.20 Å². The lowest BCUT2D eigenvalue weighted by molar-refractivity contribution is 0.850. The Morgan fingerprint density at radius 2 is 2.00 bits per heavy atom. The Kier molecular flexibility index (Phi) is 2.81. The van der Waals surface area contributed by atoms with Crippen LogP contribution < -0.4 is 5.32 Å². The van der Waals surface area contributed by atoms with Crippen LogP contribution in [0.5, 0.6) is 0 Å². The Morgan fingerprint density at radius 3 is 2.62 bits per heavy atom. The van der Waals surface area contributed by atoms with Crippen molar-refractivity contribution in [2.75, 3.05) is 5.32 Å². The number of anilines is 1. The first kappa shape index (κ1) is 10.9. The second-order valence-electron chi connectivity index (χ2n) is 4.62. The highest BCUT2D eigenvalue weighted by atomic mass is 15.3. The average Bonchev–Trinajstić information content (AvgIpc) is 2.61. The largest absolute Gasteiger partial charge is 0.368 e. The van der Waals surface area contributed by atoms with Crippen molar-refractivity contribution in [3.63, 3.8) is 0 Å². The van der Waals surface area contributed by atoms with E-state index in [1.165, 1.54) is 5.56 Å². The summed E-state index contributed by atoms with van der Waals surface area (Å²) in [6, 6.07) is 2.33. The summed E-state index contributed by atoms with van der Waals surface area (Å²) in [5.41, 5.74) is 2.13. The third-order valence-corrected chi connectivity index (χ3v) is 2.49. The summed E-state index contributed by atoms with van der Waals surface area (Å²) >= 11 is 0. The lowest BCUT2D eigenvalue weighted by atomic mass is 10.1. The molecule has 0 atom stereocenters. The van der Waals surface area contributed by atoms with E-state index in [-0.39, 0.29) is 0 Å². The maximum atomic E-state index is 4.39. The lowest BCUT2D eigenvalue weighted by Crippen LogP contribution is -2.13. The Labute approximate surface area is 95.7 Å². The standard InChI is InChI=1S/C12H18N4/c1-8(2)10-7-14-16-11(15-9(3)4)5-6-13-12(10)16/h5-9,15H,1-4H3. The molecular weight excluding hydrogens is 200 g/mol. The van der Waals surface area contributed by atoms with Crippen LogP contribution in [0.25, 0.3) is 5.65 Å². The molecule has 0 radical (unpaired) electrons. The van der Waals surface area contributed by atoms with E-state index in [0.717, 1.165) is 11.5 Å². The molecule has 16 heavy (non-hydrogen) atoms. The Balaban J connectivity index is 2.53. The molecule has 0 saturated carbocycles. The molecule has 2 aromatic heterocycles. The minimum atomic E-state index is 0.386. The van der Waals surface area contributed by atoms with E-state index in [1.807, 2.05) is 23.0 Å². The third-order valence-electron chi connectivity index (χ3n) is 2.49. The zero-order valence-corrected chi connectivity index (χ0v) is 10.2. The molecule has 86 valence electrons. The summed E-state index contributed by atoms with van der Waals surface area (Å²) in [6.45, 7) is 8.53. The molecule has 0 unspecified atom stereocenters. The normalized spacial score (nSPS) is 11.6. The zero-order valence-electron chi connectivity index (χ0n) is 10.2. The quantitative estimate of drug-likeness (QED) is 0.861. The number of nitrogens with one attached hydrogen (secondary N) is 1. The Bertz CT molecular complexity index is 485. The van der Waals surface area contributed by atoms with Gasteiger partial charge in [0.1, 0.15) is 5.82 Å². The van der Waals surface area contributed by atoms with Crippen molar-refractivity contribution in [2.45, 2.75) is 39.7 Å². The predicted octanol–water partition coefficient (Wildman–Crippen LogP) is 2.67. The minimum Gasteiger partial charge on any atom is -0.368 e. The van der Waals surface area contributed by atoms with Gasteiger partial charge in [-0.15, -0.1) is 0 Å². The maximum Gasteiger partial charge on any atom is 0.160 e. The summed E-state index contributed by atoms with van der Waals surface area (Å²) < 4.78 is 1.87. The molecule has 0 amide bonds. The molecule has 1 N–H and O–H groups in total. The van der Waals surface area contributed by atoms with E-state index in [0.29, 0.717) is 12.0 Å². The topological polar surface area (TPSA) is 42.2 Å². The minimum absolute atomic E-state index is 0.386. The first-order valence-electron chi connectivity index (χ1n) is 5.68. The fourth-order valence-electron chi connectivity index (χ4n) is 1.72. The Morgan fingerprint density at radius 1 is 1.25 bits per heavy atom. The molecule has 0 aliphatic carbocycles. The van der Waals surface area contributed by atoms with Gasteiger partial charge < -0.3 is 5.32 Å². The van der Waals surface area contributed by atoms with Gasteiger partial charge in [-0.05, 0) is 25.8 Å². The summed E-state index contributed by atoms with van der Waals surface area (Å²) in [5.74, 6) is 1.44. The van der Waals surface area contributed by atoms with Crippen LogP contribution in [0.1, 0.15) is 39.2 Å². The van der Waals surface area contributed by atoms with Crippen LogP contribution in [0.2, 0.25) is 0 Å². The van der Waals surface area contributed by atoms with Gasteiger partial charge >= 0.3 is 0 Å². The number of hydrogen-bond donors (Lipinski definition) is 1. The van der Waals surface area contributed by atoms with E-state index in [1.54, 1.807) is 0 Å². The van der Waals surface area contributed by atoms with Gasteiger partial charge in [0.25, 0.3) is 0 Å². The molecule has 2 aromatic rings. The van der Waals surface area contributed by atoms with Gasteiger partial charge in [-0.2, -0.15) is 9.61 Å². The molecule has 2 heterocycles.